The number of nitrogens with one attached hydrogen (secondary N) is 1. The van der Waals surface area contributed by atoms with Crippen LogP contribution >= 0.6 is 11.6 Å². The van der Waals surface area contributed by atoms with E-state index in [-0.39, 0.29) is 23.2 Å². The Morgan fingerprint density at radius 3 is 2.26 bits per heavy atom. The van der Waals surface area contributed by atoms with Crippen molar-refractivity contribution >= 4 is 28.3 Å². The zero-order valence-electron chi connectivity index (χ0n) is 16.7. The molecule has 0 spiro atoms. The fourth-order valence-electron chi connectivity index (χ4n) is 3.88. The number of carbonyl (C=O) groups excluding carboxylic acids is 1. The molecule has 1 atom stereocenters. The Morgan fingerprint density at radius 2 is 1.58 bits per heavy atom. The van der Waals surface area contributed by atoms with Crippen LogP contribution in [0.25, 0.3) is 16.5 Å². The van der Waals surface area contributed by atoms with E-state index in [2.05, 4.69) is 10.4 Å². The Bertz CT molecular complexity index is 1310. The first-order valence-corrected chi connectivity index (χ1v) is 10.6. The topological polar surface area (TPSA) is 64.0 Å². The number of hydrogen-bond acceptors (Lipinski definition) is 3. The summed E-state index contributed by atoms with van der Waals surface area (Å²) < 4.78 is 1.30. The van der Waals surface area contributed by atoms with E-state index in [0.717, 1.165) is 18.4 Å². The van der Waals surface area contributed by atoms with Crippen LogP contribution in [0.1, 0.15) is 34.9 Å². The molecule has 1 N–H and O–H groups in total. The van der Waals surface area contributed by atoms with Crippen LogP contribution in [-0.2, 0) is 0 Å². The standard InChI is InChI=1S/C25H20ClN3O2/c26-18-14-12-17(13-15-18)22(16-10-11-16)27-24(30)23-20-8-4-5-9-21(20)25(31)29(28-23)19-6-2-1-3-7-19/h1-9,12-16,22H,10-11H2,(H,27,30)/t22-/m1/s1. The van der Waals surface area contributed by atoms with E-state index in [0.29, 0.717) is 27.4 Å². The van der Waals surface area contributed by atoms with Gasteiger partial charge in [0.05, 0.1) is 17.1 Å². The van der Waals surface area contributed by atoms with Gasteiger partial charge in [-0.1, -0.05) is 60.1 Å². The van der Waals surface area contributed by atoms with Crippen molar-refractivity contribution in [1.29, 1.82) is 0 Å². The van der Waals surface area contributed by atoms with Crippen molar-refractivity contribution in [2.45, 2.75) is 18.9 Å². The first-order chi connectivity index (χ1) is 15.1. The molecule has 31 heavy (non-hydrogen) atoms. The SMILES string of the molecule is O=C(N[C@@H](c1ccc(Cl)cc1)C1CC1)c1nn(-c2ccccc2)c(=O)c2ccccc12. The predicted octanol–water partition coefficient (Wildman–Crippen LogP) is 4.92. The fraction of sp³-hybridized carbons (Fsp3) is 0.160. The smallest absolute Gasteiger partial charge is 0.279 e. The molecular weight excluding hydrogens is 410 g/mol. The number of amides is 1. The van der Waals surface area contributed by atoms with Crippen LogP contribution in [0, 0.1) is 5.92 Å². The zero-order chi connectivity index (χ0) is 21.4. The lowest BCUT2D eigenvalue weighted by molar-refractivity contribution is 0.0927. The molecule has 0 radical (unpaired) electrons. The highest BCUT2D eigenvalue weighted by atomic mass is 35.5. The summed E-state index contributed by atoms with van der Waals surface area (Å²) in [6.07, 6.45) is 2.12. The average molecular weight is 430 g/mol. The molecule has 1 amide bonds. The summed E-state index contributed by atoms with van der Waals surface area (Å²) in [5.41, 5.74) is 1.61. The van der Waals surface area contributed by atoms with Gasteiger partial charge in [-0.15, -0.1) is 0 Å². The Kier molecular flexibility index (Phi) is 5.04. The number of para-hydroxylation sites is 1. The Morgan fingerprint density at radius 1 is 0.935 bits per heavy atom. The first-order valence-electron chi connectivity index (χ1n) is 10.3. The van der Waals surface area contributed by atoms with Crippen LogP contribution in [0.2, 0.25) is 5.02 Å². The lowest BCUT2D eigenvalue weighted by Crippen LogP contribution is -2.33. The van der Waals surface area contributed by atoms with E-state index in [1.54, 1.807) is 30.3 Å². The van der Waals surface area contributed by atoms with Crippen LogP contribution < -0.4 is 10.9 Å². The molecule has 1 aromatic heterocycles. The lowest BCUT2D eigenvalue weighted by Gasteiger charge is -2.19. The molecule has 5 rings (SSSR count). The highest BCUT2D eigenvalue weighted by molar-refractivity contribution is 6.30. The summed E-state index contributed by atoms with van der Waals surface area (Å²) in [6.45, 7) is 0. The number of hydrogen-bond donors (Lipinski definition) is 1. The molecule has 1 heterocycles. The van der Waals surface area contributed by atoms with Crippen LogP contribution in [0.15, 0.2) is 83.7 Å². The summed E-state index contributed by atoms with van der Waals surface area (Å²) in [7, 11) is 0. The van der Waals surface area contributed by atoms with Crippen LogP contribution in [0.5, 0.6) is 0 Å². The number of benzene rings is 3. The number of halogens is 1. The largest absolute Gasteiger partial charge is 0.344 e. The number of nitrogens with zero attached hydrogens (tertiary/aromatic N) is 2. The van der Waals surface area contributed by atoms with Crippen molar-refractivity contribution in [2.24, 2.45) is 5.92 Å². The maximum atomic E-state index is 13.4. The van der Waals surface area contributed by atoms with Gasteiger partial charge in [0.2, 0.25) is 0 Å². The van der Waals surface area contributed by atoms with Crippen LogP contribution in [0.3, 0.4) is 0 Å². The van der Waals surface area contributed by atoms with Gasteiger partial charge in [-0.25, -0.2) is 0 Å². The molecule has 1 aliphatic carbocycles. The van der Waals surface area contributed by atoms with E-state index in [1.165, 1.54) is 4.68 Å². The van der Waals surface area contributed by atoms with Crippen molar-refractivity contribution in [1.82, 2.24) is 15.1 Å². The fourth-order valence-corrected chi connectivity index (χ4v) is 4.01. The molecule has 0 saturated heterocycles. The molecule has 1 aliphatic rings. The third-order valence-corrected chi connectivity index (χ3v) is 5.88. The highest BCUT2D eigenvalue weighted by Crippen LogP contribution is 2.41. The van der Waals surface area contributed by atoms with Gasteiger partial charge in [-0.05, 0) is 54.7 Å². The molecule has 1 saturated carbocycles. The second-order valence-corrected chi connectivity index (χ2v) is 8.22. The first kappa shape index (κ1) is 19.5. The molecule has 6 heteroatoms. The third-order valence-electron chi connectivity index (χ3n) is 5.63. The van der Waals surface area contributed by atoms with Gasteiger partial charge in [0.25, 0.3) is 11.5 Å². The zero-order valence-corrected chi connectivity index (χ0v) is 17.4. The molecule has 3 aromatic carbocycles. The van der Waals surface area contributed by atoms with Crippen molar-refractivity contribution in [3.05, 3.63) is 105 Å². The van der Waals surface area contributed by atoms with E-state index in [1.807, 2.05) is 48.5 Å². The molecule has 154 valence electrons. The maximum Gasteiger partial charge on any atom is 0.279 e. The summed E-state index contributed by atoms with van der Waals surface area (Å²) in [4.78, 5) is 26.5. The number of rotatable bonds is 5. The van der Waals surface area contributed by atoms with Crippen LogP contribution in [-0.4, -0.2) is 15.7 Å². The molecule has 4 aromatic rings. The van der Waals surface area contributed by atoms with Crippen molar-refractivity contribution in [2.75, 3.05) is 0 Å². The maximum absolute atomic E-state index is 13.4. The summed E-state index contributed by atoms with van der Waals surface area (Å²) in [5, 5.41) is 9.31. The quantitative estimate of drug-likeness (QED) is 0.489. The number of carbonyl (C=O) groups is 1. The van der Waals surface area contributed by atoms with Gasteiger partial charge in [0.15, 0.2) is 5.69 Å². The van der Waals surface area contributed by atoms with Crippen molar-refractivity contribution < 1.29 is 4.79 Å². The molecule has 0 unspecified atom stereocenters. The Labute approximate surface area is 184 Å². The molecule has 1 fully saturated rings. The Balaban J connectivity index is 1.59. The summed E-state index contributed by atoms with van der Waals surface area (Å²) >= 11 is 6.04. The number of aromatic nitrogens is 2. The highest BCUT2D eigenvalue weighted by Gasteiger charge is 2.34. The third kappa shape index (κ3) is 3.84. The van der Waals surface area contributed by atoms with E-state index >= 15 is 0 Å². The Hall–Kier alpha value is -3.44. The average Bonchev–Trinajstić information content (AvgIpc) is 3.64. The van der Waals surface area contributed by atoms with E-state index in [9.17, 15) is 9.59 Å². The van der Waals surface area contributed by atoms with Gasteiger partial charge < -0.3 is 5.32 Å². The summed E-state index contributed by atoms with van der Waals surface area (Å²) in [5.74, 6) is 0.0872. The molecule has 0 aliphatic heterocycles. The van der Waals surface area contributed by atoms with Gasteiger partial charge in [0, 0.05) is 10.4 Å². The minimum Gasteiger partial charge on any atom is -0.344 e. The summed E-state index contributed by atoms with van der Waals surface area (Å²) in [6, 6.07) is 23.7. The molecule has 0 bridgehead atoms. The van der Waals surface area contributed by atoms with Gasteiger partial charge in [-0.3, -0.25) is 9.59 Å². The molecular formula is C25H20ClN3O2. The second kappa shape index (κ2) is 8.00. The monoisotopic (exact) mass is 429 g/mol. The predicted molar refractivity (Wildman–Crippen MR) is 122 cm³/mol. The van der Waals surface area contributed by atoms with Gasteiger partial charge in [-0.2, -0.15) is 9.78 Å². The normalized spacial score (nSPS) is 14.4. The lowest BCUT2D eigenvalue weighted by atomic mass is 10.0. The minimum atomic E-state index is -0.298. The second-order valence-electron chi connectivity index (χ2n) is 7.79. The van der Waals surface area contributed by atoms with Gasteiger partial charge >= 0.3 is 0 Å². The van der Waals surface area contributed by atoms with Gasteiger partial charge in [0.1, 0.15) is 0 Å². The van der Waals surface area contributed by atoms with Crippen molar-refractivity contribution in [3.8, 4) is 5.69 Å². The molecule has 5 nitrogen and oxygen atoms in total. The van der Waals surface area contributed by atoms with Crippen molar-refractivity contribution in [3.63, 3.8) is 0 Å². The van der Waals surface area contributed by atoms with E-state index in [4.69, 9.17) is 11.6 Å². The van der Waals surface area contributed by atoms with E-state index < -0.39 is 0 Å². The number of fused-ring (bicyclic) bond motifs is 1. The van der Waals surface area contributed by atoms with Crippen LogP contribution in [0.4, 0.5) is 0 Å². The minimum absolute atomic E-state index is 0.123.